The molecule has 0 spiro atoms. The van der Waals surface area contributed by atoms with Gasteiger partial charge in [-0.3, -0.25) is 0 Å². The van der Waals surface area contributed by atoms with E-state index in [9.17, 15) is 0 Å². The summed E-state index contributed by atoms with van der Waals surface area (Å²) in [6.45, 7) is 4.54. The summed E-state index contributed by atoms with van der Waals surface area (Å²) in [6.07, 6.45) is 2.63. The Kier molecular flexibility index (Phi) is 5.14. The van der Waals surface area contributed by atoms with Crippen molar-refractivity contribution in [2.45, 2.75) is 26.8 Å². The van der Waals surface area contributed by atoms with Crippen LogP contribution in [-0.2, 0) is 13.0 Å². The van der Waals surface area contributed by atoms with Gasteiger partial charge in [0, 0.05) is 11.3 Å². The second-order valence-corrected chi connectivity index (χ2v) is 5.89. The number of nitrogens with one attached hydrogen (secondary N) is 1. The SMILES string of the molecule is CCc1ccc(NC(N)=NCc2coc(-c3ccc(C)cc3)n2)cc1. The number of nitrogens with zero attached hydrogens (tertiary/aromatic N) is 2. The zero-order valence-electron chi connectivity index (χ0n) is 14.5. The molecule has 0 saturated heterocycles. The molecule has 0 fully saturated rings. The summed E-state index contributed by atoms with van der Waals surface area (Å²) in [5.74, 6) is 0.941. The first-order valence-electron chi connectivity index (χ1n) is 8.31. The number of benzene rings is 2. The first kappa shape index (κ1) is 16.8. The Balaban J connectivity index is 1.62. The van der Waals surface area contributed by atoms with Crippen LogP contribution in [0.2, 0.25) is 0 Å². The van der Waals surface area contributed by atoms with Crippen LogP contribution < -0.4 is 11.1 Å². The number of hydrogen-bond donors (Lipinski definition) is 2. The van der Waals surface area contributed by atoms with Crippen LogP contribution in [0.15, 0.2) is 64.2 Å². The van der Waals surface area contributed by atoms with Gasteiger partial charge in [0.05, 0.1) is 6.54 Å². The van der Waals surface area contributed by atoms with E-state index < -0.39 is 0 Å². The molecule has 128 valence electrons. The summed E-state index contributed by atoms with van der Waals surface area (Å²) in [7, 11) is 0. The highest BCUT2D eigenvalue weighted by atomic mass is 16.3. The van der Waals surface area contributed by atoms with Gasteiger partial charge in [0.2, 0.25) is 5.89 Å². The van der Waals surface area contributed by atoms with Crippen molar-refractivity contribution < 1.29 is 4.42 Å². The lowest BCUT2D eigenvalue weighted by molar-refractivity contribution is 0.572. The first-order valence-corrected chi connectivity index (χ1v) is 8.31. The predicted octanol–water partition coefficient (Wildman–Crippen LogP) is 4.14. The number of aromatic nitrogens is 1. The summed E-state index contributed by atoms with van der Waals surface area (Å²) >= 11 is 0. The monoisotopic (exact) mass is 334 g/mol. The van der Waals surface area contributed by atoms with Gasteiger partial charge in [-0.2, -0.15) is 0 Å². The van der Waals surface area contributed by atoms with Gasteiger partial charge < -0.3 is 15.5 Å². The second-order valence-electron chi connectivity index (χ2n) is 5.89. The highest BCUT2D eigenvalue weighted by Crippen LogP contribution is 2.19. The minimum atomic E-state index is 0.351. The van der Waals surface area contributed by atoms with E-state index in [-0.39, 0.29) is 0 Å². The van der Waals surface area contributed by atoms with Crippen LogP contribution in [0, 0.1) is 6.92 Å². The van der Waals surface area contributed by atoms with Gasteiger partial charge in [0.25, 0.3) is 0 Å². The Morgan fingerprint density at radius 1 is 1.12 bits per heavy atom. The molecule has 0 unspecified atom stereocenters. The Morgan fingerprint density at radius 2 is 1.84 bits per heavy atom. The standard InChI is InChI=1S/C20H22N4O/c1-3-15-6-10-17(11-7-15)24-20(21)22-12-18-13-25-19(23-18)16-8-4-14(2)5-9-16/h4-11,13H,3,12H2,1-2H3,(H3,21,22,24). The smallest absolute Gasteiger partial charge is 0.226 e. The molecule has 3 rings (SSSR count). The van der Waals surface area contributed by atoms with Gasteiger partial charge in [0.1, 0.15) is 12.0 Å². The molecule has 1 aromatic heterocycles. The van der Waals surface area contributed by atoms with E-state index in [1.165, 1.54) is 11.1 Å². The number of rotatable bonds is 5. The van der Waals surface area contributed by atoms with Crippen molar-refractivity contribution in [2.24, 2.45) is 10.7 Å². The highest BCUT2D eigenvalue weighted by Gasteiger charge is 2.06. The van der Waals surface area contributed by atoms with E-state index in [2.05, 4.69) is 34.3 Å². The highest BCUT2D eigenvalue weighted by molar-refractivity contribution is 5.92. The van der Waals surface area contributed by atoms with Crippen LogP contribution in [0.1, 0.15) is 23.7 Å². The van der Waals surface area contributed by atoms with Gasteiger partial charge >= 0.3 is 0 Å². The maximum Gasteiger partial charge on any atom is 0.226 e. The number of hydrogen-bond acceptors (Lipinski definition) is 3. The van der Waals surface area contributed by atoms with Crippen molar-refractivity contribution >= 4 is 11.6 Å². The summed E-state index contributed by atoms with van der Waals surface area (Å²) in [6, 6.07) is 16.2. The van der Waals surface area contributed by atoms with Crippen LogP contribution in [0.3, 0.4) is 0 Å². The minimum Gasteiger partial charge on any atom is -0.444 e. The first-order chi connectivity index (χ1) is 12.1. The molecule has 3 N–H and O–H groups in total. The maximum atomic E-state index is 5.94. The average molecular weight is 334 g/mol. The summed E-state index contributed by atoms with van der Waals surface area (Å²) in [5, 5.41) is 3.08. The molecule has 5 heteroatoms. The summed E-state index contributed by atoms with van der Waals surface area (Å²) in [5.41, 5.74) is 11.0. The van der Waals surface area contributed by atoms with Crippen LogP contribution in [-0.4, -0.2) is 10.9 Å². The number of aryl methyl sites for hydroxylation is 2. The Hall–Kier alpha value is -3.08. The minimum absolute atomic E-state index is 0.351. The van der Waals surface area contributed by atoms with Gasteiger partial charge in [-0.15, -0.1) is 0 Å². The maximum absolute atomic E-state index is 5.94. The molecule has 0 aliphatic carbocycles. The summed E-state index contributed by atoms with van der Waals surface area (Å²) in [4.78, 5) is 8.77. The number of guanidine groups is 1. The molecule has 1 heterocycles. The zero-order chi connectivity index (χ0) is 17.6. The molecule has 25 heavy (non-hydrogen) atoms. The van der Waals surface area contributed by atoms with Gasteiger partial charge in [-0.25, -0.2) is 9.98 Å². The van der Waals surface area contributed by atoms with Crippen LogP contribution in [0.4, 0.5) is 5.69 Å². The second kappa shape index (κ2) is 7.66. The number of oxazole rings is 1. The topological polar surface area (TPSA) is 76.4 Å². The van der Waals surface area contributed by atoms with Crippen molar-refractivity contribution in [3.8, 4) is 11.5 Å². The third-order valence-electron chi connectivity index (χ3n) is 3.90. The third kappa shape index (κ3) is 4.47. The molecule has 0 bridgehead atoms. The van der Waals surface area contributed by atoms with E-state index in [0.717, 1.165) is 23.4 Å². The largest absolute Gasteiger partial charge is 0.444 e. The molecular formula is C20H22N4O. The predicted molar refractivity (Wildman–Crippen MR) is 101 cm³/mol. The number of aliphatic imine (C=N–C) groups is 1. The van der Waals surface area contributed by atoms with E-state index >= 15 is 0 Å². The van der Waals surface area contributed by atoms with Crippen LogP contribution in [0.5, 0.6) is 0 Å². The fourth-order valence-electron chi connectivity index (χ4n) is 2.39. The number of nitrogens with two attached hydrogens (primary N) is 1. The van der Waals surface area contributed by atoms with Crippen molar-refractivity contribution in [1.29, 1.82) is 0 Å². The van der Waals surface area contributed by atoms with E-state index in [0.29, 0.717) is 18.4 Å². The van der Waals surface area contributed by atoms with Crippen molar-refractivity contribution in [1.82, 2.24) is 4.98 Å². The lowest BCUT2D eigenvalue weighted by Crippen LogP contribution is -2.22. The lowest BCUT2D eigenvalue weighted by Gasteiger charge is -2.05. The Labute approximate surface area is 147 Å². The van der Waals surface area contributed by atoms with Crippen molar-refractivity contribution in [3.05, 3.63) is 71.6 Å². The zero-order valence-corrected chi connectivity index (χ0v) is 14.5. The van der Waals surface area contributed by atoms with Crippen molar-refractivity contribution in [2.75, 3.05) is 5.32 Å². The van der Waals surface area contributed by atoms with Gasteiger partial charge in [-0.1, -0.05) is 36.8 Å². The average Bonchev–Trinajstić information content (AvgIpc) is 3.10. The lowest BCUT2D eigenvalue weighted by atomic mass is 10.1. The Bertz CT molecular complexity index is 848. The fraction of sp³-hybridized carbons (Fsp3) is 0.200. The van der Waals surface area contributed by atoms with E-state index in [4.69, 9.17) is 10.2 Å². The van der Waals surface area contributed by atoms with E-state index in [1.807, 2.05) is 43.3 Å². The summed E-state index contributed by atoms with van der Waals surface area (Å²) < 4.78 is 5.53. The molecular weight excluding hydrogens is 312 g/mol. The normalized spacial score (nSPS) is 11.5. The number of anilines is 1. The fourth-order valence-corrected chi connectivity index (χ4v) is 2.39. The third-order valence-corrected chi connectivity index (χ3v) is 3.90. The molecule has 0 atom stereocenters. The van der Waals surface area contributed by atoms with Gasteiger partial charge in [0.15, 0.2) is 5.96 Å². The van der Waals surface area contributed by atoms with E-state index in [1.54, 1.807) is 6.26 Å². The molecule has 0 aliphatic heterocycles. The molecule has 0 radical (unpaired) electrons. The van der Waals surface area contributed by atoms with Gasteiger partial charge in [-0.05, 0) is 43.2 Å². The van der Waals surface area contributed by atoms with Crippen molar-refractivity contribution in [3.63, 3.8) is 0 Å². The molecule has 0 amide bonds. The van der Waals surface area contributed by atoms with Crippen LogP contribution in [0.25, 0.3) is 11.5 Å². The molecule has 3 aromatic rings. The molecule has 2 aromatic carbocycles. The molecule has 5 nitrogen and oxygen atoms in total. The Morgan fingerprint density at radius 3 is 2.52 bits per heavy atom. The van der Waals surface area contributed by atoms with Crippen LogP contribution >= 0.6 is 0 Å². The quantitative estimate of drug-likeness (QED) is 0.543. The molecule has 0 aliphatic rings. The molecule has 0 saturated carbocycles.